The topological polar surface area (TPSA) is 64.1 Å². The Morgan fingerprint density at radius 3 is 2.37 bits per heavy atom. The van der Waals surface area contributed by atoms with Crippen LogP contribution in [-0.2, 0) is 0 Å². The maximum Gasteiger partial charge on any atom is 0.257 e. The van der Waals surface area contributed by atoms with Gasteiger partial charge in [-0.1, -0.05) is 22.9 Å². The molecule has 0 N–H and O–H groups in total. The van der Waals surface area contributed by atoms with Crippen molar-refractivity contribution in [2.75, 3.05) is 52.4 Å². The maximum atomic E-state index is 13.1. The molecule has 0 atom stereocenters. The number of halogens is 1. The molecule has 0 spiro atoms. The van der Waals surface area contributed by atoms with Gasteiger partial charge in [0.15, 0.2) is 5.13 Å². The summed E-state index contributed by atoms with van der Waals surface area (Å²) in [6, 6.07) is 8.89. The number of hydrogen-bond acceptors (Lipinski definition) is 7. The molecule has 2 heterocycles. The largest absolute Gasteiger partial charge is 0.497 e. The van der Waals surface area contributed by atoms with Gasteiger partial charge >= 0.3 is 0 Å². The van der Waals surface area contributed by atoms with Crippen LogP contribution in [0.15, 0.2) is 30.3 Å². The Labute approximate surface area is 183 Å². The van der Waals surface area contributed by atoms with Crippen LogP contribution in [0.2, 0.25) is 5.02 Å². The summed E-state index contributed by atoms with van der Waals surface area (Å²) >= 11 is 7.89. The van der Waals surface area contributed by atoms with Crippen molar-refractivity contribution in [2.24, 2.45) is 0 Å². The molecule has 0 bridgehead atoms. The molecule has 1 amide bonds. The molecule has 1 fully saturated rings. The Balaban J connectivity index is 1.51. The first-order valence-corrected chi connectivity index (χ1v) is 10.6. The smallest absolute Gasteiger partial charge is 0.257 e. The van der Waals surface area contributed by atoms with Gasteiger partial charge in [0, 0.05) is 26.2 Å². The van der Waals surface area contributed by atoms with Crippen molar-refractivity contribution in [2.45, 2.75) is 0 Å². The number of fused-ring (bicyclic) bond motifs is 1. The Kier molecular flexibility index (Phi) is 5.87. The maximum absolute atomic E-state index is 13.1. The monoisotopic (exact) mass is 447 g/mol. The lowest BCUT2D eigenvalue weighted by Crippen LogP contribution is -2.48. The van der Waals surface area contributed by atoms with Crippen molar-refractivity contribution in [1.82, 2.24) is 9.88 Å². The second kappa shape index (κ2) is 8.57. The number of ether oxygens (including phenoxy) is 3. The molecule has 1 aromatic heterocycles. The molecule has 4 rings (SSSR count). The van der Waals surface area contributed by atoms with Crippen molar-refractivity contribution in [3.63, 3.8) is 0 Å². The number of thiazole rings is 1. The van der Waals surface area contributed by atoms with Gasteiger partial charge < -0.3 is 24.0 Å². The fourth-order valence-corrected chi connectivity index (χ4v) is 4.80. The van der Waals surface area contributed by atoms with Crippen LogP contribution in [0.25, 0.3) is 10.2 Å². The highest BCUT2D eigenvalue weighted by atomic mass is 35.5. The lowest BCUT2D eigenvalue weighted by molar-refractivity contribution is 0.0743. The predicted molar refractivity (Wildman–Crippen MR) is 119 cm³/mol. The van der Waals surface area contributed by atoms with Crippen LogP contribution in [0.1, 0.15) is 10.4 Å². The molecular formula is C21H22ClN3O4S. The molecule has 9 heteroatoms. The highest BCUT2D eigenvalue weighted by Crippen LogP contribution is 2.39. The molecule has 1 saturated heterocycles. The Morgan fingerprint density at radius 2 is 1.70 bits per heavy atom. The van der Waals surface area contributed by atoms with Gasteiger partial charge in [0.05, 0.1) is 36.6 Å². The van der Waals surface area contributed by atoms with Crippen LogP contribution in [-0.4, -0.2) is 63.3 Å². The molecule has 7 nitrogen and oxygen atoms in total. The number of benzene rings is 2. The summed E-state index contributed by atoms with van der Waals surface area (Å²) in [4.78, 5) is 21.8. The number of nitrogens with zero attached hydrogens (tertiary/aromatic N) is 3. The van der Waals surface area contributed by atoms with E-state index in [4.69, 9.17) is 30.8 Å². The highest BCUT2D eigenvalue weighted by Gasteiger charge is 2.26. The van der Waals surface area contributed by atoms with E-state index in [0.29, 0.717) is 54.0 Å². The average Bonchev–Trinajstić information content (AvgIpc) is 3.25. The summed E-state index contributed by atoms with van der Waals surface area (Å²) in [7, 11) is 4.76. The molecule has 0 radical (unpaired) electrons. The quantitative estimate of drug-likeness (QED) is 0.590. The van der Waals surface area contributed by atoms with E-state index in [2.05, 4.69) is 4.90 Å². The van der Waals surface area contributed by atoms with E-state index in [1.807, 2.05) is 17.0 Å². The second-order valence-corrected chi connectivity index (χ2v) is 8.15. The minimum Gasteiger partial charge on any atom is -0.497 e. The summed E-state index contributed by atoms with van der Waals surface area (Å²) in [6.45, 7) is 2.52. The third-order valence-electron chi connectivity index (χ3n) is 5.14. The summed E-state index contributed by atoms with van der Waals surface area (Å²) in [6.07, 6.45) is 0. The number of piperazine rings is 1. The van der Waals surface area contributed by atoms with Crippen LogP contribution in [0.5, 0.6) is 17.2 Å². The van der Waals surface area contributed by atoms with Gasteiger partial charge in [0.1, 0.15) is 22.8 Å². The molecule has 2 aromatic carbocycles. The fourth-order valence-electron chi connectivity index (χ4n) is 3.49. The van der Waals surface area contributed by atoms with E-state index in [-0.39, 0.29) is 5.91 Å². The number of aromatic nitrogens is 1. The molecule has 3 aromatic rings. The Morgan fingerprint density at radius 1 is 1.00 bits per heavy atom. The van der Waals surface area contributed by atoms with Gasteiger partial charge in [-0.2, -0.15) is 0 Å². The van der Waals surface area contributed by atoms with Crippen LogP contribution in [0, 0.1) is 0 Å². The third kappa shape index (κ3) is 3.73. The molecule has 0 saturated carbocycles. The van der Waals surface area contributed by atoms with E-state index < -0.39 is 0 Å². The normalized spacial score (nSPS) is 14.1. The van der Waals surface area contributed by atoms with E-state index in [9.17, 15) is 4.79 Å². The van der Waals surface area contributed by atoms with Gasteiger partial charge in [0.2, 0.25) is 0 Å². The van der Waals surface area contributed by atoms with Gasteiger partial charge in [-0.3, -0.25) is 4.79 Å². The number of methoxy groups -OCH3 is 3. The van der Waals surface area contributed by atoms with Gasteiger partial charge in [-0.25, -0.2) is 4.98 Å². The number of hydrogen-bond donors (Lipinski definition) is 0. The fraction of sp³-hybridized carbons (Fsp3) is 0.333. The van der Waals surface area contributed by atoms with Crippen molar-refractivity contribution in [3.05, 3.63) is 40.9 Å². The second-order valence-electron chi connectivity index (χ2n) is 6.77. The van der Waals surface area contributed by atoms with Crippen molar-refractivity contribution in [3.8, 4) is 17.2 Å². The van der Waals surface area contributed by atoms with Crippen LogP contribution >= 0.6 is 22.9 Å². The zero-order valence-corrected chi connectivity index (χ0v) is 18.5. The Bertz CT molecular complexity index is 1080. The molecular weight excluding hydrogens is 426 g/mol. The Hall–Kier alpha value is -2.71. The first-order chi connectivity index (χ1) is 14.5. The van der Waals surface area contributed by atoms with E-state index in [1.165, 1.54) is 11.3 Å². The molecule has 0 unspecified atom stereocenters. The zero-order chi connectivity index (χ0) is 21.3. The zero-order valence-electron chi connectivity index (χ0n) is 17.0. The first-order valence-electron chi connectivity index (χ1n) is 9.45. The van der Waals surface area contributed by atoms with Crippen LogP contribution in [0.4, 0.5) is 5.13 Å². The van der Waals surface area contributed by atoms with Crippen molar-refractivity contribution < 1.29 is 19.0 Å². The van der Waals surface area contributed by atoms with Crippen LogP contribution in [0.3, 0.4) is 0 Å². The summed E-state index contributed by atoms with van der Waals surface area (Å²) in [5.41, 5.74) is 1.27. The van der Waals surface area contributed by atoms with E-state index in [1.54, 1.807) is 39.5 Å². The first kappa shape index (κ1) is 20.6. The van der Waals surface area contributed by atoms with Gasteiger partial charge in [-0.05, 0) is 30.3 Å². The van der Waals surface area contributed by atoms with E-state index in [0.717, 1.165) is 15.3 Å². The minimum atomic E-state index is -0.0700. The van der Waals surface area contributed by atoms with Crippen molar-refractivity contribution >= 4 is 44.2 Å². The molecule has 158 valence electrons. The van der Waals surface area contributed by atoms with Crippen molar-refractivity contribution in [1.29, 1.82) is 0 Å². The molecule has 0 aliphatic carbocycles. The highest BCUT2D eigenvalue weighted by molar-refractivity contribution is 7.22. The number of rotatable bonds is 5. The van der Waals surface area contributed by atoms with Gasteiger partial charge in [-0.15, -0.1) is 0 Å². The number of carbonyl (C=O) groups excluding carboxylic acids is 1. The van der Waals surface area contributed by atoms with E-state index >= 15 is 0 Å². The van der Waals surface area contributed by atoms with Gasteiger partial charge in [0.25, 0.3) is 5.91 Å². The minimum absolute atomic E-state index is 0.0700. The lowest BCUT2D eigenvalue weighted by Gasteiger charge is -2.34. The SMILES string of the molecule is COc1ccc(OC)c(C(=O)N2CCN(c3nc4c(OC)ccc(Cl)c4s3)CC2)c1. The summed E-state index contributed by atoms with van der Waals surface area (Å²) < 4.78 is 17.0. The van der Waals surface area contributed by atoms with Crippen LogP contribution < -0.4 is 19.1 Å². The molecule has 30 heavy (non-hydrogen) atoms. The summed E-state index contributed by atoms with van der Waals surface area (Å²) in [5.74, 6) is 1.80. The lowest BCUT2D eigenvalue weighted by atomic mass is 10.1. The predicted octanol–water partition coefficient (Wildman–Crippen LogP) is 3.94. The summed E-state index contributed by atoms with van der Waals surface area (Å²) in [5, 5.41) is 1.54. The average molecular weight is 448 g/mol. The molecule has 1 aliphatic heterocycles. The third-order valence-corrected chi connectivity index (χ3v) is 6.72. The number of carbonyl (C=O) groups is 1. The standard InChI is InChI=1S/C21H22ClN3O4S/c1-27-13-4-6-16(28-2)14(12-13)20(26)24-8-10-25(11-9-24)21-23-18-17(29-3)7-5-15(22)19(18)30-21/h4-7,12H,8-11H2,1-3H3. The number of amides is 1. The number of anilines is 1. The molecule has 1 aliphatic rings.